The minimum atomic E-state index is -1.21. The topological polar surface area (TPSA) is 93.1 Å². The number of benzene rings is 2. The van der Waals surface area contributed by atoms with E-state index in [1.54, 1.807) is 36.4 Å². The summed E-state index contributed by atoms with van der Waals surface area (Å²) in [5, 5.41) is 9.34. The van der Waals surface area contributed by atoms with Gasteiger partial charge in [0.25, 0.3) is 5.91 Å². The molecule has 0 radical (unpaired) electrons. The highest BCUT2D eigenvalue weighted by atomic mass is 35.5. The fraction of sp³-hybridized carbons (Fsp3) is 0.318. The number of ether oxygens (including phenoxy) is 2. The van der Waals surface area contributed by atoms with Crippen LogP contribution in [0.4, 0.5) is 0 Å². The van der Waals surface area contributed by atoms with E-state index in [0.29, 0.717) is 21.9 Å². The molecule has 1 aliphatic heterocycles. The van der Waals surface area contributed by atoms with Gasteiger partial charge in [0.2, 0.25) is 5.78 Å². The van der Waals surface area contributed by atoms with Crippen molar-refractivity contribution in [2.45, 2.75) is 6.04 Å². The Bertz CT molecular complexity index is 929. The Morgan fingerprint density at radius 1 is 1.10 bits per heavy atom. The van der Waals surface area contributed by atoms with Crippen molar-refractivity contribution in [1.29, 1.82) is 0 Å². The predicted molar refractivity (Wildman–Crippen MR) is 110 cm³/mol. The lowest BCUT2D eigenvalue weighted by atomic mass is 9.86. The van der Waals surface area contributed by atoms with Crippen molar-refractivity contribution in [1.82, 2.24) is 4.90 Å². The molecule has 1 fully saturated rings. The van der Waals surface area contributed by atoms with Crippen LogP contribution < -0.4 is 4.74 Å². The van der Waals surface area contributed by atoms with Gasteiger partial charge in [-0.3, -0.25) is 14.4 Å². The third kappa shape index (κ3) is 4.38. The summed E-state index contributed by atoms with van der Waals surface area (Å²) in [5.74, 6) is -2.72. The van der Waals surface area contributed by atoms with Crippen molar-refractivity contribution in [3.8, 4) is 5.75 Å². The maximum atomic E-state index is 13.3. The van der Waals surface area contributed by atoms with E-state index >= 15 is 0 Å². The van der Waals surface area contributed by atoms with Crippen molar-refractivity contribution in [2.75, 3.05) is 33.5 Å². The van der Waals surface area contributed by atoms with Crippen molar-refractivity contribution in [2.24, 2.45) is 5.92 Å². The second-order valence-corrected chi connectivity index (χ2v) is 7.17. The number of methoxy groups -OCH3 is 1. The molecule has 1 amide bonds. The molecular weight excluding hydrogens is 410 g/mol. The molecule has 1 N–H and O–H groups in total. The summed E-state index contributed by atoms with van der Waals surface area (Å²) >= 11 is 5.91. The van der Waals surface area contributed by atoms with Crippen LogP contribution in [0.3, 0.4) is 0 Å². The van der Waals surface area contributed by atoms with Crippen LogP contribution in [0.15, 0.2) is 48.5 Å². The lowest BCUT2D eigenvalue weighted by Gasteiger charge is -2.28. The summed E-state index contributed by atoms with van der Waals surface area (Å²) in [6.45, 7) is 0.174. The molecule has 2 unspecified atom stereocenters. The monoisotopic (exact) mass is 431 g/mol. The number of rotatable bonds is 9. The zero-order valence-corrected chi connectivity index (χ0v) is 17.2. The van der Waals surface area contributed by atoms with Gasteiger partial charge in [0.15, 0.2) is 5.78 Å². The Kier molecular flexibility index (Phi) is 7.20. The molecular formula is C22H22ClNO6. The average Bonchev–Trinajstić information content (AvgIpc) is 3.01. The molecule has 2 atom stereocenters. The van der Waals surface area contributed by atoms with Crippen LogP contribution in [-0.2, 0) is 14.3 Å². The third-order valence-corrected chi connectivity index (χ3v) is 5.24. The molecule has 1 saturated heterocycles. The van der Waals surface area contributed by atoms with Crippen LogP contribution in [0.25, 0.3) is 0 Å². The Balaban J connectivity index is 2.02. The molecule has 0 spiro atoms. The average molecular weight is 432 g/mol. The zero-order chi connectivity index (χ0) is 21.7. The molecule has 3 rings (SSSR count). The predicted octanol–water partition coefficient (Wildman–Crippen LogP) is 2.31. The van der Waals surface area contributed by atoms with E-state index in [9.17, 15) is 14.4 Å². The first-order chi connectivity index (χ1) is 14.5. The van der Waals surface area contributed by atoms with Crippen LogP contribution >= 0.6 is 11.6 Å². The normalized spacial score (nSPS) is 18.7. The summed E-state index contributed by atoms with van der Waals surface area (Å²) in [6, 6.07) is 12.3. The minimum absolute atomic E-state index is 0.0949. The number of ketones is 2. The van der Waals surface area contributed by atoms with E-state index in [-0.39, 0.29) is 26.4 Å². The molecule has 1 heterocycles. The van der Waals surface area contributed by atoms with Gasteiger partial charge < -0.3 is 19.5 Å². The third-order valence-electron chi connectivity index (χ3n) is 4.99. The van der Waals surface area contributed by atoms with Crippen LogP contribution in [0.1, 0.15) is 22.0 Å². The summed E-state index contributed by atoms with van der Waals surface area (Å²) < 4.78 is 10.7. The molecule has 158 valence electrons. The Labute approximate surface area is 179 Å². The second kappa shape index (κ2) is 9.84. The van der Waals surface area contributed by atoms with Crippen molar-refractivity contribution < 1.29 is 29.0 Å². The Hall–Kier alpha value is -2.74. The maximum absolute atomic E-state index is 13.3. The van der Waals surface area contributed by atoms with Crippen molar-refractivity contribution in [3.05, 3.63) is 64.7 Å². The number of aliphatic hydroxyl groups excluding tert-OH is 1. The highest BCUT2D eigenvalue weighted by molar-refractivity contribution is 6.44. The number of halogens is 1. The first-order valence-corrected chi connectivity index (χ1v) is 9.83. The van der Waals surface area contributed by atoms with E-state index < -0.39 is 29.4 Å². The Morgan fingerprint density at radius 3 is 2.47 bits per heavy atom. The van der Waals surface area contributed by atoms with Gasteiger partial charge in [-0.2, -0.15) is 0 Å². The highest BCUT2D eigenvalue weighted by Crippen LogP contribution is 2.41. The van der Waals surface area contributed by atoms with E-state index in [4.69, 9.17) is 26.2 Å². The first-order valence-electron chi connectivity index (χ1n) is 9.45. The first kappa shape index (κ1) is 22.0. The number of carbonyl (C=O) groups is 3. The van der Waals surface area contributed by atoms with Crippen molar-refractivity contribution >= 4 is 29.1 Å². The number of para-hydroxylation sites is 1. The standard InChI is InChI=1S/C22H22ClNO6/c1-29-17-5-3-2-4-16(17)19-18(20(26)14-6-8-15(23)9-7-14)21(27)22(28)24(19)10-12-30-13-11-25/h2-9,18-19,25H,10-13H2,1H3. The zero-order valence-electron chi connectivity index (χ0n) is 16.4. The number of Topliss-reactive ketones (excluding diaryl/α,β-unsaturated/α-hetero) is 2. The number of hydrogen-bond donors (Lipinski definition) is 1. The fourth-order valence-electron chi connectivity index (χ4n) is 3.61. The van der Waals surface area contributed by atoms with Crippen LogP contribution in [0.5, 0.6) is 5.75 Å². The number of likely N-dealkylation sites (tertiary alicyclic amines) is 1. The number of amides is 1. The molecule has 2 aromatic rings. The van der Waals surface area contributed by atoms with E-state index in [0.717, 1.165) is 0 Å². The fourth-order valence-corrected chi connectivity index (χ4v) is 3.73. The molecule has 0 bridgehead atoms. The van der Waals surface area contributed by atoms with Gasteiger partial charge in [-0.05, 0) is 30.3 Å². The van der Waals surface area contributed by atoms with Gasteiger partial charge in [-0.15, -0.1) is 0 Å². The van der Waals surface area contributed by atoms with E-state index in [1.165, 1.54) is 24.1 Å². The van der Waals surface area contributed by atoms with Gasteiger partial charge >= 0.3 is 0 Å². The van der Waals surface area contributed by atoms with Gasteiger partial charge in [0.1, 0.15) is 11.7 Å². The smallest absolute Gasteiger partial charge is 0.291 e. The van der Waals surface area contributed by atoms with Gasteiger partial charge in [0, 0.05) is 22.7 Å². The van der Waals surface area contributed by atoms with Crippen molar-refractivity contribution in [3.63, 3.8) is 0 Å². The van der Waals surface area contributed by atoms with Gasteiger partial charge in [-0.1, -0.05) is 29.8 Å². The summed E-state index contributed by atoms with van der Waals surface area (Å²) in [4.78, 5) is 40.3. The number of hydrogen-bond acceptors (Lipinski definition) is 6. The number of aliphatic hydroxyl groups is 1. The van der Waals surface area contributed by atoms with E-state index in [2.05, 4.69) is 0 Å². The molecule has 2 aromatic carbocycles. The van der Waals surface area contributed by atoms with Crippen LogP contribution in [0, 0.1) is 5.92 Å². The highest BCUT2D eigenvalue weighted by Gasteiger charge is 2.52. The molecule has 0 saturated carbocycles. The largest absolute Gasteiger partial charge is 0.496 e. The van der Waals surface area contributed by atoms with E-state index in [1.807, 2.05) is 0 Å². The van der Waals surface area contributed by atoms with Gasteiger partial charge in [-0.25, -0.2) is 0 Å². The number of nitrogens with zero attached hydrogens (tertiary/aromatic N) is 1. The summed E-state index contributed by atoms with van der Waals surface area (Å²) in [6.07, 6.45) is 0. The molecule has 0 aliphatic carbocycles. The molecule has 7 nitrogen and oxygen atoms in total. The van der Waals surface area contributed by atoms with Crippen LogP contribution in [-0.4, -0.2) is 61.0 Å². The molecule has 1 aliphatic rings. The molecule has 30 heavy (non-hydrogen) atoms. The SMILES string of the molecule is COc1ccccc1C1C(C(=O)c2ccc(Cl)cc2)C(=O)C(=O)N1CCOCCO. The van der Waals surface area contributed by atoms with Crippen LogP contribution in [0.2, 0.25) is 5.02 Å². The molecule has 0 aromatic heterocycles. The van der Waals surface area contributed by atoms with Gasteiger partial charge in [0.05, 0.1) is 33.0 Å². The summed E-state index contributed by atoms with van der Waals surface area (Å²) in [7, 11) is 1.49. The molecule has 8 heteroatoms. The maximum Gasteiger partial charge on any atom is 0.291 e. The second-order valence-electron chi connectivity index (χ2n) is 6.73. The Morgan fingerprint density at radius 2 is 1.80 bits per heavy atom. The lowest BCUT2D eigenvalue weighted by molar-refractivity contribution is -0.141. The minimum Gasteiger partial charge on any atom is -0.496 e. The quantitative estimate of drug-likeness (QED) is 0.283. The number of carbonyl (C=O) groups excluding carboxylic acids is 3. The lowest BCUT2D eigenvalue weighted by Crippen LogP contribution is -2.34. The summed E-state index contributed by atoms with van der Waals surface area (Å²) in [5.41, 5.74) is 0.859.